The molecule has 0 bridgehead atoms. The third kappa shape index (κ3) is 6.93. The summed E-state index contributed by atoms with van der Waals surface area (Å²) >= 11 is 0. The van der Waals surface area contributed by atoms with Crippen LogP contribution in [-0.4, -0.2) is 53.6 Å². The smallest absolute Gasteiger partial charge is 0.224 e. The normalized spacial score (nSPS) is 15.9. The van der Waals surface area contributed by atoms with E-state index in [4.69, 9.17) is 10.00 Å². The third-order valence-electron chi connectivity index (χ3n) is 6.64. The molecule has 4 rings (SSSR count). The van der Waals surface area contributed by atoms with E-state index in [1.807, 2.05) is 48.9 Å². The number of carbonyl (C=O) groups is 1. The molecule has 0 radical (unpaired) electrons. The van der Waals surface area contributed by atoms with E-state index in [0.29, 0.717) is 18.7 Å². The molecule has 1 saturated heterocycles. The number of hydrogen-bond donors (Lipinski definition) is 1. The number of methoxy groups -OCH3 is 1. The van der Waals surface area contributed by atoms with Crippen molar-refractivity contribution in [3.05, 3.63) is 83.4 Å². The Kier molecular flexibility index (Phi) is 8.53. The highest BCUT2D eigenvalue weighted by Gasteiger charge is 2.25. The van der Waals surface area contributed by atoms with Crippen molar-refractivity contribution in [2.45, 2.75) is 32.2 Å². The lowest BCUT2D eigenvalue weighted by molar-refractivity contribution is -0.126. The number of nitrogens with one attached hydrogen (secondary N) is 1. The maximum Gasteiger partial charge on any atom is 0.224 e. The molecule has 0 spiro atoms. The van der Waals surface area contributed by atoms with Gasteiger partial charge >= 0.3 is 0 Å². The predicted octanol–water partition coefficient (Wildman–Crippen LogP) is 3.43. The molecule has 0 aliphatic carbocycles. The summed E-state index contributed by atoms with van der Waals surface area (Å²) in [6, 6.07) is 17.9. The van der Waals surface area contributed by atoms with Crippen LogP contribution in [0, 0.1) is 17.2 Å². The van der Waals surface area contributed by atoms with Crippen molar-refractivity contribution in [3.63, 3.8) is 0 Å². The summed E-state index contributed by atoms with van der Waals surface area (Å²) in [6.45, 7) is 4.10. The Balaban J connectivity index is 1.22. The molecule has 182 valence electrons. The van der Waals surface area contributed by atoms with Crippen molar-refractivity contribution in [2.75, 3.05) is 33.3 Å². The SMILES string of the molecule is COc1cccc(CCN2CCCC(C(=O)NCCc3cncn3Cc3ccc(C#N)cc3)C2)c1. The zero-order valence-corrected chi connectivity index (χ0v) is 20.3. The van der Waals surface area contributed by atoms with E-state index in [0.717, 1.165) is 62.3 Å². The quantitative estimate of drug-likeness (QED) is 0.490. The van der Waals surface area contributed by atoms with E-state index in [1.165, 1.54) is 5.56 Å². The first-order valence-electron chi connectivity index (χ1n) is 12.3. The highest BCUT2D eigenvalue weighted by Crippen LogP contribution is 2.18. The lowest BCUT2D eigenvalue weighted by atomic mass is 9.96. The summed E-state index contributed by atoms with van der Waals surface area (Å²) < 4.78 is 7.41. The number of amides is 1. The largest absolute Gasteiger partial charge is 0.497 e. The molecule has 2 aromatic carbocycles. The maximum absolute atomic E-state index is 12.9. The first-order chi connectivity index (χ1) is 17.1. The van der Waals surface area contributed by atoms with Gasteiger partial charge in [0.25, 0.3) is 0 Å². The van der Waals surface area contributed by atoms with Crippen molar-refractivity contribution in [1.29, 1.82) is 5.26 Å². The average molecular weight is 472 g/mol. The minimum atomic E-state index is 0.0395. The number of piperidine rings is 1. The number of nitriles is 1. The number of benzene rings is 2. The Bertz CT molecular complexity index is 1150. The minimum absolute atomic E-state index is 0.0395. The summed E-state index contributed by atoms with van der Waals surface area (Å²) in [6.07, 6.45) is 7.35. The lowest BCUT2D eigenvalue weighted by Crippen LogP contribution is -2.44. The zero-order valence-electron chi connectivity index (χ0n) is 20.3. The first-order valence-corrected chi connectivity index (χ1v) is 12.3. The highest BCUT2D eigenvalue weighted by atomic mass is 16.5. The molecule has 1 fully saturated rings. The molecule has 1 aliphatic heterocycles. The molecule has 7 heteroatoms. The monoisotopic (exact) mass is 471 g/mol. The molecule has 1 atom stereocenters. The van der Waals surface area contributed by atoms with Gasteiger partial charge in [0.2, 0.25) is 5.91 Å². The number of imidazole rings is 1. The van der Waals surface area contributed by atoms with Gasteiger partial charge < -0.3 is 19.5 Å². The number of carbonyl (C=O) groups excluding carboxylic acids is 1. The number of likely N-dealkylation sites (tertiary alicyclic amines) is 1. The Hall–Kier alpha value is -3.63. The summed E-state index contributed by atoms with van der Waals surface area (Å²) in [5.41, 5.74) is 4.11. The van der Waals surface area contributed by atoms with Gasteiger partial charge in [-0.3, -0.25) is 4.79 Å². The first kappa shape index (κ1) is 24.5. The molecule has 7 nitrogen and oxygen atoms in total. The fraction of sp³-hybridized carbons (Fsp3) is 0.393. The fourth-order valence-electron chi connectivity index (χ4n) is 4.63. The Morgan fingerprint density at radius 1 is 1.20 bits per heavy atom. The van der Waals surface area contributed by atoms with Crippen LogP contribution in [0.2, 0.25) is 0 Å². The number of ether oxygens (including phenoxy) is 1. The van der Waals surface area contributed by atoms with Crippen LogP contribution < -0.4 is 10.1 Å². The Labute approximate surface area is 207 Å². The molecular weight excluding hydrogens is 438 g/mol. The van der Waals surface area contributed by atoms with Crippen LogP contribution in [0.4, 0.5) is 0 Å². The van der Waals surface area contributed by atoms with Crippen LogP contribution in [-0.2, 0) is 24.2 Å². The van der Waals surface area contributed by atoms with Gasteiger partial charge in [0.1, 0.15) is 5.75 Å². The predicted molar refractivity (Wildman–Crippen MR) is 135 cm³/mol. The second kappa shape index (κ2) is 12.2. The van der Waals surface area contributed by atoms with Crippen LogP contribution in [0.15, 0.2) is 61.1 Å². The molecule has 1 aliphatic rings. The molecule has 1 amide bonds. The van der Waals surface area contributed by atoms with Gasteiger partial charge in [-0.25, -0.2) is 4.98 Å². The van der Waals surface area contributed by atoms with Crippen LogP contribution in [0.1, 0.15) is 35.2 Å². The molecule has 3 aromatic rings. The number of rotatable bonds is 10. The summed E-state index contributed by atoms with van der Waals surface area (Å²) in [4.78, 5) is 19.6. The van der Waals surface area contributed by atoms with Crippen molar-refractivity contribution < 1.29 is 9.53 Å². The summed E-state index contributed by atoms with van der Waals surface area (Å²) in [5, 5.41) is 12.1. The van der Waals surface area contributed by atoms with E-state index in [2.05, 4.69) is 38.0 Å². The topological polar surface area (TPSA) is 83.2 Å². The summed E-state index contributed by atoms with van der Waals surface area (Å²) in [7, 11) is 1.69. The molecule has 1 aromatic heterocycles. The van der Waals surface area contributed by atoms with Gasteiger partial charge in [-0.05, 0) is 61.2 Å². The Morgan fingerprint density at radius 2 is 2.06 bits per heavy atom. The van der Waals surface area contributed by atoms with E-state index < -0.39 is 0 Å². The second-order valence-corrected chi connectivity index (χ2v) is 9.10. The van der Waals surface area contributed by atoms with E-state index in [1.54, 1.807) is 7.11 Å². The standard InChI is InChI=1S/C28H33N5O2/c1-35-27-6-2-4-22(16-27)12-15-32-14-3-5-25(20-32)28(34)31-13-11-26-18-30-21-33(26)19-24-9-7-23(17-29)8-10-24/h2,4,6-10,16,18,21,25H,3,5,11-15,19-20H2,1H3,(H,31,34). The van der Waals surface area contributed by atoms with Crippen LogP contribution >= 0.6 is 0 Å². The van der Waals surface area contributed by atoms with E-state index in [9.17, 15) is 4.79 Å². The highest BCUT2D eigenvalue weighted by molar-refractivity contribution is 5.78. The lowest BCUT2D eigenvalue weighted by Gasteiger charge is -2.32. The van der Waals surface area contributed by atoms with Crippen LogP contribution in [0.25, 0.3) is 0 Å². The van der Waals surface area contributed by atoms with Crippen molar-refractivity contribution >= 4 is 5.91 Å². The second-order valence-electron chi connectivity index (χ2n) is 9.10. The molecule has 35 heavy (non-hydrogen) atoms. The maximum atomic E-state index is 12.9. The van der Waals surface area contributed by atoms with E-state index >= 15 is 0 Å². The fourth-order valence-corrected chi connectivity index (χ4v) is 4.63. The van der Waals surface area contributed by atoms with E-state index in [-0.39, 0.29) is 11.8 Å². The van der Waals surface area contributed by atoms with Gasteiger partial charge in [-0.15, -0.1) is 0 Å². The number of hydrogen-bond acceptors (Lipinski definition) is 5. The van der Waals surface area contributed by atoms with Crippen molar-refractivity contribution in [2.24, 2.45) is 5.92 Å². The summed E-state index contributed by atoms with van der Waals surface area (Å²) in [5.74, 6) is 1.07. The Morgan fingerprint density at radius 3 is 2.86 bits per heavy atom. The molecule has 0 saturated carbocycles. The third-order valence-corrected chi connectivity index (χ3v) is 6.64. The average Bonchev–Trinajstić information content (AvgIpc) is 3.34. The van der Waals surface area contributed by atoms with Crippen molar-refractivity contribution in [3.8, 4) is 11.8 Å². The molecular formula is C28H33N5O2. The van der Waals surface area contributed by atoms with Gasteiger partial charge in [0, 0.05) is 44.5 Å². The molecule has 1 N–H and O–H groups in total. The number of aromatic nitrogens is 2. The van der Waals surface area contributed by atoms with Crippen LogP contribution in [0.3, 0.4) is 0 Å². The molecule has 1 unspecified atom stereocenters. The van der Waals surface area contributed by atoms with Gasteiger partial charge in [-0.2, -0.15) is 5.26 Å². The zero-order chi connectivity index (χ0) is 24.5. The molecule has 2 heterocycles. The minimum Gasteiger partial charge on any atom is -0.497 e. The van der Waals surface area contributed by atoms with Crippen LogP contribution in [0.5, 0.6) is 5.75 Å². The number of nitrogens with zero attached hydrogens (tertiary/aromatic N) is 4. The van der Waals surface area contributed by atoms with Gasteiger partial charge in [0.15, 0.2) is 0 Å². The van der Waals surface area contributed by atoms with Gasteiger partial charge in [-0.1, -0.05) is 24.3 Å². The van der Waals surface area contributed by atoms with Gasteiger partial charge in [0.05, 0.1) is 31.0 Å². The van der Waals surface area contributed by atoms with Crippen molar-refractivity contribution in [1.82, 2.24) is 19.8 Å².